The molecule has 6 nitrogen and oxygen atoms in total. The van der Waals surface area contributed by atoms with Crippen LogP contribution in [0, 0.1) is 0 Å². The van der Waals surface area contributed by atoms with Crippen molar-refractivity contribution in [2.24, 2.45) is 0 Å². The van der Waals surface area contributed by atoms with Gasteiger partial charge in [-0.3, -0.25) is 9.59 Å². The number of fused-ring (bicyclic) bond motifs is 1. The molecule has 0 fully saturated rings. The topological polar surface area (TPSA) is 67.9 Å². The third-order valence-electron chi connectivity index (χ3n) is 5.65. The average molecular weight is 425 g/mol. The summed E-state index contributed by atoms with van der Waals surface area (Å²) in [6.07, 6.45) is 2.30. The molecule has 166 valence electrons. The number of ether oxygens (including phenoxy) is 2. The van der Waals surface area contributed by atoms with E-state index in [1.807, 2.05) is 69.3 Å². The van der Waals surface area contributed by atoms with Gasteiger partial charge in [-0.25, -0.2) is 0 Å². The van der Waals surface area contributed by atoms with Crippen LogP contribution >= 0.6 is 0 Å². The van der Waals surface area contributed by atoms with Gasteiger partial charge in [-0.05, 0) is 49.4 Å². The van der Waals surface area contributed by atoms with Crippen molar-refractivity contribution in [1.29, 1.82) is 0 Å². The smallest absolute Gasteiger partial charge is 0.243 e. The van der Waals surface area contributed by atoms with E-state index in [0.29, 0.717) is 31.6 Å². The highest BCUT2D eigenvalue weighted by molar-refractivity contribution is 5.88. The molecule has 2 aromatic rings. The lowest BCUT2D eigenvalue weighted by Crippen LogP contribution is -2.50. The van der Waals surface area contributed by atoms with Gasteiger partial charge < -0.3 is 19.7 Å². The lowest BCUT2D eigenvalue weighted by Gasteiger charge is -2.31. The molecule has 2 atom stereocenters. The molecule has 0 saturated carbocycles. The van der Waals surface area contributed by atoms with Crippen molar-refractivity contribution in [2.45, 2.75) is 65.1 Å². The molecule has 0 bridgehead atoms. The first-order valence-corrected chi connectivity index (χ1v) is 11.0. The van der Waals surface area contributed by atoms with Gasteiger partial charge in [0.15, 0.2) is 11.5 Å². The quantitative estimate of drug-likeness (QED) is 0.624. The van der Waals surface area contributed by atoms with Crippen LogP contribution in [0.5, 0.6) is 11.5 Å². The Balaban J connectivity index is 1.74. The molecule has 0 aliphatic carbocycles. The minimum atomic E-state index is -0.501. The van der Waals surface area contributed by atoms with Gasteiger partial charge in [0, 0.05) is 19.0 Å². The van der Waals surface area contributed by atoms with Crippen LogP contribution in [-0.2, 0) is 22.6 Å². The van der Waals surface area contributed by atoms with E-state index in [1.54, 1.807) is 4.90 Å². The Kier molecular flexibility index (Phi) is 7.93. The number of aryl methyl sites for hydroxylation is 1. The van der Waals surface area contributed by atoms with Crippen LogP contribution in [0.25, 0.3) is 0 Å². The highest BCUT2D eigenvalue weighted by Crippen LogP contribution is 2.32. The SMILES string of the molecule is CC[C@@H](C)NC(=O)[C@@H](CC)N(Cc1ccccc1)C(=O)CCc1ccc2c(c1)OCO2. The van der Waals surface area contributed by atoms with E-state index < -0.39 is 6.04 Å². The normalized spacial score (nSPS) is 14.0. The van der Waals surface area contributed by atoms with Gasteiger partial charge in [0.05, 0.1) is 0 Å². The zero-order valence-electron chi connectivity index (χ0n) is 18.6. The Morgan fingerprint density at radius 3 is 2.45 bits per heavy atom. The lowest BCUT2D eigenvalue weighted by atomic mass is 10.1. The van der Waals surface area contributed by atoms with E-state index in [2.05, 4.69) is 5.32 Å². The first kappa shape index (κ1) is 22.7. The number of rotatable bonds is 10. The minimum Gasteiger partial charge on any atom is -0.454 e. The molecular formula is C25H32N2O4. The van der Waals surface area contributed by atoms with E-state index in [-0.39, 0.29) is 24.6 Å². The average Bonchev–Trinajstić information content (AvgIpc) is 3.25. The third-order valence-corrected chi connectivity index (χ3v) is 5.65. The van der Waals surface area contributed by atoms with E-state index in [9.17, 15) is 9.59 Å². The third kappa shape index (κ3) is 6.00. The predicted octanol–water partition coefficient (Wildman–Crippen LogP) is 4.07. The number of hydrogen-bond donors (Lipinski definition) is 1. The highest BCUT2D eigenvalue weighted by atomic mass is 16.7. The Labute approximate surface area is 184 Å². The number of carbonyl (C=O) groups is 2. The molecule has 0 saturated heterocycles. The molecule has 2 amide bonds. The number of carbonyl (C=O) groups excluding carboxylic acids is 2. The van der Waals surface area contributed by atoms with Gasteiger partial charge in [-0.1, -0.05) is 50.2 Å². The van der Waals surface area contributed by atoms with Crippen LogP contribution in [0.15, 0.2) is 48.5 Å². The van der Waals surface area contributed by atoms with Crippen LogP contribution in [-0.4, -0.2) is 35.6 Å². The van der Waals surface area contributed by atoms with E-state index in [1.165, 1.54) is 0 Å². The zero-order valence-corrected chi connectivity index (χ0v) is 18.6. The van der Waals surface area contributed by atoms with Crippen molar-refractivity contribution in [3.05, 3.63) is 59.7 Å². The first-order valence-electron chi connectivity index (χ1n) is 11.0. The second kappa shape index (κ2) is 10.8. The van der Waals surface area contributed by atoms with Gasteiger partial charge in [0.25, 0.3) is 0 Å². The molecular weight excluding hydrogens is 392 g/mol. The Bertz CT molecular complexity index is 884. The number of amides is 2. The molecule has 1 N–H and O–H groups in total. The molecule has 0 unspecified atom stereocenters. The fourth-order valence-electron chi connectivity index (χ4n) is 3.63. The molecule has 0 spiro atoms. The fourth-order valence-corrected chi connectivity index (χ4v) is 3.63. The van der Waals surface area contributed by atoms with Gasteiger partial charge >= 0.3 is 0 Å². The fraction of sp³-hybridized carbons (Fsp3) is 0.440. The van der Waals surface area contributed by atoms with E-state index in [0.717, 1.165) is 23.3 Å². The van der Waals surface area contributed by atoms with E-state index in [4.69, 9.17) is 9.47 Å². The molecule has 0 aromatic heterocycles. The van der Waals surface area contributed by atoms with Crippen LogP contribution in [0.1, 0.15) is 51.2 Å². The number of nitrogens with zero attached hydrogens (tertiary/aromatic N) is 1. The lowest BCUT2D eigenvalue weighted by molar-refractivity contribution is -0.141. The Hall–Kier alpha value is -3.02. The van der Waals surface area contributed by atoms with Crippen LogP contribution < -0.4 is 14.8 Å². The standard InChI is InChI=1S/C25H32N2O4/c1-4-18(3)26-25(29)21(5-2)27(16-20-9-7-6-8-10-20)24(28)14-12-19-11-13-22-23(15-19)31-17-30-22/h6-11,13,15,18,21H,4-5,12,14,16-17H2,1-3H3,(H,26,29)/t18-,21-/m1/s1. The summed E-state index contributed by atoms with van der Waals surface area (Å²) in [5, 5.41) is 3.04. The summed E-state index contributed by atoms with van der Waals surface area (Å²) in [5.41, 5.74) is 2.02. The maximum Gasteiger partial charge on any atom is 0.243 e. The Morgan fingerprint density at radius 1 is 1.00 bits per heavy atom. The van der Waals surface area contributed by atoms with Crippen molar-refractivity contribution in [3.8, 4) is 11.5 Å². The van der Waals surface area contributed by atoms with Crippen molar-refractivity contribution < 1.29 is 19.1 Å². The van der Waals surface area contributed by atoms with Crippen molar-refractivity contribution >= 4 is 11.8 Å². The van der Waals surface area contributed by atoms with Gasteiger partial charge in [-0.15, -0.1) is 0 Å². The summed E-state index contributed by atoms with van der Waals surface area (Å²) in [4.78, 5) is 28.0. The van der Waals surface area contributed by atoms with Crippen LogP contribution in [0.2, 0.25) is 0 Å². The van der Waals surface area contributed by atoms with Crippen molar-refractivity contribution in [3.63, 3.8) is 0 Å². The molecule has 3 rings (SSSR count). The zero-order chi connectivity index (χ0) is 22.2. The van der Waals surface area contributed by atoms with Crippen molar-refractivity contribution in [1.82, 2.24) is 10.2 Å². The molecule has 0 radical (unpaired) electrons. The number of benzene rings is 2. The monoisotopic (exact) mass is 424 g/mol. The number of hydrogen-bond acceptors (Lipinski definition) is 4. The van der Waals surface area contributed by atoms with Gasteiger partial charge in [0.2, 0.25) is 18.6 Å². The molecule has 1 aliphatic rings. The second-order valence-electron chi connectivity index (χ2n) is 7.94. The summed E-state index contributed by atoms with van der Waals surface area (Å²) in [6.45, 7) is 6.60. The van der Waals surface area contributed by atoms with Crippen LogP contribution in [0.4, 0.5) is 0 Å². The molecule has 1 aliphatic heterocycles. The van der Waals surface area contributed by atoms with Crippen LogP contribution in [0.3, 0.4) is 0 Å². The largest absolute Gasteiger partial charge is 0.454 e. The summed E-state index contributed by atoms with van der Waals surface area (Å²) < 4.78 is 10.8. The Morgan fingerprint density at radius 2 is 1.74 bits per heavy atom. The minimum absolute atomic E-state index is 0.0346. The van der Waals surface area contributed by atoms with Gasteiger partial charge in [-0.2, -0.15) is 0 Å². The molecule has 6 heteroatoms. The van der Waals surface area contributed by atoms with E-state index >= 15 is 0 Å². The summed E-state index contributed by atoms with van der Waals surface area (Å²) in [5.74, 6) is 1.32. The maximum absolute atomic E-state index is 13.3. The first-order chi connectivity index (χ1) is 15.0. The maximum atomic E-state index is 13.3. The second-order valence-corrected chi connectivity index (χ2v) is 7.94. The molecule has 2 aromatic carbocycles. The van der Waals surface area contributed by atoms with Crippen molar-refractivity contribution in [2.75, 3.05) is 6.79 Å². The summed E-state index contributed by atoms with van der Waals surface area (Å²) in [7, 11) is 0. The summed E-state index contributed by atoms with van der Waals surface area (Å²) >= 11 is 0. The van der Waals surface area contributed by atoms with Gasteiger partial charge in [0.1, 0.15) is 6.04 Å². The predicted molar refractivity (Wildman–Crippen MR) is 120 cm³/mol. The summed E-state index contributed by atoms with van der Waals surface area (Å²) in [6, 6.07) is 15.1. The highest BCUT2D eigenvalue weighted by Gasteiger charge is 2.29. The molecule has 31 heavy (non-hydrogen) atoms. The molecule has 1 heterocycles. The number of nitrogens with one attached hydrogen (secondary N) is 1.